The fourth-order valence-electron chi connectivity index (χ4n) is 4.43. The molecule has 1 fully saturated rings. The van der Waals surface area contributed by atoms with Crippen molar-refractivity contribution in [1.29, 1.82) is 0 Å². The standard InChI is InChI=1S/C23H26N6O/c1-17-23-21(26(2)25-17)16-24-29(23)10-9-22(30)28-13-11-27(12-14-28)20-8-7-18-5-3-4-6-19(18)15-20/h3-8,15-16H,9-14H2,1-2H3. The molecular formula is C23H26N6O. The van der Waals surface area contributed by atoms with E-state index < -0.39 is 0 Å². The second-order valence-electron chi connectivity index (χ2n) is 7.96. The summed E-state index contributed by atoms with van der Waals surface area (Å²) in [5.74, 6) is 0.193. The van der Waals surface area contributed by atoms with Crippen molar-refractivity contribution < 1.29 is 4.79 Å². The van der Waals surface area contributed by atoms with Crippen molar-refractivity contribution >= 4 is 33.4 Å². The lowest BCUT2D eigenvalue weighted by atomic mass is 10.1. The van der Waals surface area contributed by atoms with Gasteiger partial charge in [-0.1, -0.05) is 30.3 Å². The van der Waals surface area contributed by atoms with E-state index in [0.29, 0.717) is 13.0 Å². The van der Waals surface area contributed by atoms with Gasteiger partial charge in [-0.2, -0.15) is 10.2 Å². The topological polar surface area (TPSA) is 59.2 Å². The van der Waals surface area contributed by atoms with Gasteiger partial charge in [-0.25, -0.2) is 0 Å². The monoisotopic (exact) mass is 402 g/mol. The number of amides is 1. The van der Waals surface area contributed by atoms with Gasteiger partial charge in [0.2, 0.25) is 5.91 Å². The van der Waals surface area contributed by atoms with Crippen LogP contribution in [0.5, 0.6) is 0 Å². The highest BCUT2D eigenvalue weighted by molar-refractivity contribution is 5.86. The summed E-state index contributed by atoms with van der Waals surface area (Å²) in [6.07, 6.45) is 2.28. The number of nitrogens with zero attached hydrogens (tertiary/aromatic N) is 6. The third-order valence-electron chi connectivity index (χ3n) is 6.08. The molecule has 0 N–H and O–H groups in total. The quantitative estimate of drug-likeness (QED) is 0.527. The number of benzene rings is 2. The van der Waals surface area contributed by atoms with Gasteiger partial charge in [-0.15, -0.1) is 0 Å². The predicted octanol–water partition coefficient (Wildman–Crippen LogP) is 2.97. The summed E-state index contributed by atoms with van der Waals surface area (Å²) in [5, 5.41) is 11.4. The molecule has 7 nitrogen and oxygen atoms in total. The maximum absolute atomic E-state index is 12.8. The van der Waals surface area contributed by atoms with Crippen LogP contribution < -0.4 is 4.90 Å². The zero-order valence-electron chi connectivity index (χ0n) is 17.5. The molecule has 2 aromatic carbocycles. The number of hydrogen-bond acceptors (Lipinski definition) is 4. The molecule has 4 aromatic rings. The highest BCUT2D eigenvalue weighted by atomic mass is 16.2. The number of aryl methyl sites for hydroxylation is 3. The Kier molecular flexibility index (Phi) is 4.65. The van der Waals surface area contributed by atoms with Crippen molar-refractivity contribution in [2.24, 2.45) is 7.05 Å². The minimum absolute atomic E-state index is 0.193. The van der Waals surface area contributed by atoms with Gasteiger partial charge in [0.25, 0.3) is 0 Å². The van der Waals surface area contributed by atoms with Crippen molar-refractivity contribution in [3.8, 4) is 0 Å². The lowest BCUT2D eigenvalue weighted by molar-refractivity contribution is -0.131. The van der Waals surface area contributed by atoms with Crippen molar-refractivity contribution in [3.05, 3.63) is 54.4 Å². The fourth-order valence-corrected chi connectivity index (χ4v) is 4.43. The molecule has 3 heterocycles. The number of carbonyl (C=O) groups is 1. The van der Waals surface area contributed by atoms with E-state index in [1.54, 1.807) is 0 Å². The second-order valence-corrected chi connectivity index (χ2v) is 7.96. The van der Waals surface area contributed by atoms with Crippen LogP contribution >= 0.6 is 0 Å². The normalized spacial score (nSPS) is 14.7. The summed E-state index contributed by atoms with van der Waals surface area (Å²) in [5.41, 5.74) is 4.20. The maximum Gasteiger partial charge on any atom is 0.224 e. The van der Waals surface area contributed by atoms with Gasteiger partial charge in [0, 0.05) is 45.3 Å². The predicted molar refractivity (Wildman–Crippen MR) is 119 cm³/mol. The van der Waals surface area contributed by atoms with Gasteiger partial charge in [0.05, 0.1) is 18.4 Å². The molecule has 7 heteroatoms. The SMILES string of the molecule is Cc1nn(C)c2cnn(CCC(=O)N3CCN(c4ccc5ccccc5c4)CC3)c12. The first-order chi connectivity index (χ1) is 14.6. The summed E-state index contributed by atoms with van der Waals surface area (Å²) in [6, 6.07) is 15.0. The summed E-state index contributed by atoms with van der Waals surface area (Å²) in [6.45, 7) is 5.79. The van der Waals surface area contributed by atoms with Crippen LogP contribution in [0, 0.1) is 6.92 Å². The molecule has 1 aliphatic rings. The van der Waals surface area contributed by atoms with Crippen molar-refractivity contribution in [3.63, 3.8) is 0 Å². The van der Waals surface area contributed by atoms with E-state index in [9.17, 15) is 4.79 Å². The van der Waals surface area contributed by atoms with Gasteiger partial charge in [-0.3, -0.25) is 14.2 Å². The Bertz CT molecular complexity index is 1220. The molecule has 0 atom stereocenters. The van der Waals surface area contributed by atoms with Gasteiger partial charge in [0.1, 0.15) is 11.0 Å². The first-order valence-electron chi connectivity index (χ1n) is 10.5. The van der Waals surface area contributed by atoms with E-state index in [0.717, 1.165) is 42.9 Å². The first-order valence-corrected chi connectivity index (χ1v) is 10.5. The number of hydrogen-bond donors (Lipinski definition) is 0. The van der Waals surface area contributed by atoms with E-state index in [-0.39, 0.29) is 5.91 Å². The summed E-state index contributed by atoms with van der Waals surface area (Å²) in [4.78, 5) is 17.1. The van der Waals surface area contributed by atoms with Crippen molar-refractivity contribution in [2.75, 3.05) is 31.1 Å². The molecule has 0 saturated carbocycles. The van der Waals surface area contributed by atoms with E-state index in [1.165, 1.54) is 16.5 Å². The molecule has 0 spiro atoms. The van der Waals surface area contributed by atoms with Gasteiger partial charge in [-0.05, 0) is 29.8 Å². The molecule has 1 amide bonds. The Morgan fingerprint density at radius 2 is 1.80 bits per heavy atom. The van der Waals surface area contributed by atoms with Gasteiger partial charge in [0.15, 0.2) is 0 Å². The summed E-state index contributed by atoms with van der Waals surface area (Å²) in [7, 11) is 1.92. The second kappa shape index (κ2) is 7.48. The molecule has 0 bridgehead atoms. The number of fused-ring (bicyclic) bond motifs is 2. The fraction of sp³-hybridized carbons (Fsp3) is 0.348. The third kappa shape index (κ3) is 3.30. The number of piperazine rings is 1. The molecule has 154 valence electrons. The smallest absolute Gasteiger partial charge is 0.224 e. The van der Waals surface area contributed by atoms with E-state index in [2.05, 4.69) is 57.6 Å². The van der Waals surface area contributed by atoms with Crippen LogP contribution in [0.1, 0.15) is 12.1 Å². The van der Waals surface area contributed by atoms with Crippen LogP contribution in [0.3, 0.4) is 0 Å². The Hall–Kier alpha value is -3.35. The average molecular weight is 403 g/mol. The van der Waals surface area contributed by atoms with Gasteiger partial charge >= 0.3 is 0 Å². The molecule has 2 aromatic heterocycles. The van der Waals surface area contributed by atoms with Crippen LogP contribution in [0.15, 0.2) is 48.7 Å². The number of aromatic nitrogens is 4. The zero-order valence-corrected chi connectivity index (χ0v) is 17.5. The van der Waals surface area contributed by atoms with Crippen molar-refractivity contribution in [2.45, 2.75) is 19.9 Å². The highest BCUT2D eigenvalue weighted by Crippen LogP contribution is 2.23. The molecule has 0 radical (unpaired) electrons. The molecule has 0 aliphatic carbocycles. The number of rotatable bonds is 4. The third-order valence-corrected chi connectivity index (χ3v) is 6.08. The Morgan fingerprint density at radius 3 is 2.60 bits per heavy atom. The van der Waals surface area contributed by atoms with Crippen LogP contribution in [0.2, 0.25) is 0 Å². The van der Waals surface area contributed by atoms with Gasteiger partial charge < -0.3 is 9.80 Å². The van der Waals surface area contributed by atoms with Crippen LogP contribution in [-0.2, 0) is 18.4 Å². The van der Waals surface area contributed by atoms with Crippen LogP contribution in [0.4, 0.5) is 5.69 Å². The molecule has 0 unspecified atom stereocenters. The van der Waals surface area contributed by atoms with E-state index in [1.807, 2.05) is 34.4 Å². The lowest BCUT2D eigenvalue weighted by Crippen LogP contribution is -2.49. The minimum Gasteiger partial charge on any atom is -0.368 e. The maximum atomic E-state index is 12.8. The van der Waals surface area contributed by atoms with Crippen LogP contribution in [-0.4, -0.2) is 56.5 Å². The molecular weight excluding hydrogens is 376 g/mol. The lowest BCUT2D eigenvalue weighted by Gasteiger charge is -2.36. The zero-order chi connectivity index (χ0) is 20.7. The van der Waals surface area contributed by atoms with Crippen molar-refractivity contribution in [1.82, 2.24) is 24.5 Å². The average Bonchev–Trinajstić information content (AvgIpc) is 3.33. The highest BCUT2D eigenvalue weighted by Gasteiger charge is 2.22. The van der Waals surface area contributed by atoms with E-state index >= 15 is 0 Å². The van der Waals surface area contributed by atoms with Crippen LogP contribution in [0.25, 0.3) is 21.8 Å². The Morgan fingerprint density at radius 1 is 1.03 bits per heavy atom. The number of anilines is 1. The molecule has 1 saturated heterocycles. The van der Waals surface area contributed by atoms with E-state index in [4.69, 9.17) is 0 Å². The largest absolute Gasteiger partial charge is 0.368 e. The molecule has 30 heavy (non-hydrogen) atoms. The minimum atomic E-state index is 0.193. The summed E-state index contributed by atoms with van der Waals surface area (Å²) < 4.78 is 3.74. The Labute approximate surface area is 175 Å². The molecule has 1 aliphatic heterocycles. The summed E-state index contributed by atoms with van der Waals surface area (Å²) >= 11 is 0. The first kappa shape index (κ1) is 18.7. The number of carbonyl (C=O) groups excluding carboxylic acids is 1. The Balaban J connectivity index is 1.20. The molecule has 5 rings (SSSR count).